The van der Waals surface area contributed by atoms with Crippen LogP contribution in [0.15, 0.2) is 35.7 Å². The predicted octanol–water partition coefficient (Wildman–Crippen LogP) is 2.43. The summed E-state index contributed by atoms with van der Waals surface area (Å²) < 4.78 is 1.05. The standard InChI is InChI=1S/C20H22N8O2/c1-12-9-16(25-15-10-14(21-11-22-15)24-13-5-8-23-27-13)28(30)18-17(12)19(29)26-20(18)6-3-2-4-7-20/h5,8-11,30H,2-4,6-7H2,1H3,(H,26,29)(H2,21,22,23,24,27). The predicted molar refractivity (Wildman–Crippen MR) is 108 cm³/mol. The number of nitrogens with zero attached hydrogens (tertiary/aromatic N) is 5. The highest BCUT2D eigenvalue weighted by atomic mass is 16.5. The van der Waals surface area contributed by atoms with E-state index in [9.17, 15) is 10.0 Å². The zero-order valence-corrected chi connectivity index (χ0v) is 16.5. The monoisotopic (exact) mass is 406 g/mol. The van der Waals surface area contributed by atoms with Gasteiger partial charge >= 0.3 is 0 Å². The summed E-state index contributed by atoms with van der Waals surface area (Å²) in [6, 6.07) is 5.14. The van der Waals surface area contributed by atoms with Gasteiger partial charge in [0.2, 0.25) is 0 Å². The van der Waals surface area contributed by atoms with Gasteiger partial charge in [-0.2, -0.15) is 9.83 Å². The fourth-order valence-electron chi connectivity index (χ4n) is 4.46. The Morgan fingerprint density at radius 1 is 1.23 bits per heavy atom. The second-order valence-corrected chi connectivity index (χ2v) is 7.79. The van der Waals surface area contributed by atoms with Crippen molar-refractivity contribution in [2.75, 3.05) is 5.32 Å². The number of hydrogen-bond donors (Lipinski definition) is 4. The van der Waals surface area contributed by atoms with Gasteiger partial charge in [-0.05, 0) is 31.4 Å². The molecule has 0 atom stereocenters. The van der Waals surface area contributed by atoms with E-state index >= 15 is 0 Å². The molecule has 0 bridgehead atoms. The van der Waals surface area contributed by atoms with Crippen LogP contribution in [0.4, 0.5) is 17.5 Å². The normalized spacial score (nSPS) is 17.8. The average Bonchev–Trinajstić information content (AvgIpc) is 3.33. The molecule has 3 aromatic heterocycles. The molecule has 5 rings (SSSR count). The Bertz CT molecular complexity index is 1180. The first kappa shape index (κ1) is 18.3. The Balaban J connectivity index is 1.59. The van der Waals surface area contributed by atoms with Crippen LogP contribution in [-0.4, -0.2) is 36.0 Å². The van der Waals surface area contributed by atoms with Crippen molar-refractivity contribution >= 4 is 23.4 Å². The van der Waals surface area contributed by atoms with Crippen LogP contribution < -0.4 is 16.1 Å². The molecule has 0 radical (unpaired) electrons. The molecule has 2 aliphatic rings. The molecule has 154 valence electrons. The molecule has 0 unspecified atom stereocenters. The number of H-pyrrole nitrogens is 1. The van der Waals surface area contributed by atoms with E-state index < -0.39 is 5.54 Å². The van der Waals surface area contributed by atoms with E-state index in [2.05, 4.69) is 35.8 Å². The molecule has 3 aromatic rings. The van der Waals surface area contributed by atoms with Crippen LogP contribution in [0.2, 0.25) is 0 Å². The summed E-state index contributed by atoms with van der Waals surface area (Å²) in [4.78, 5) is 25.6. The minimum atomic E-state index is -0.533. The summed E-state index contributed by atoms with van der Waals surface area (Å²) in [5.41, 5.74) is 1.71. The topological polar surface area (TPSA) is 133 Å². The maximum atomic E-state index is 12.7. The zero-order chi connectivity index (χ0) is 20.7. The van der Waals surface area contributed by atoms with Crippen molar-refractivity contribution in [3.8, 4) is 0 Å². The van der Waals surface area contributed by atoms with E-state index in [1.54, 1.807) is 24.4 Å². The first-order valence-electron chi connectivity index (χ1n) is 9.98. The fraction of sp³-hybridized carbons (Fsp3) is 0.350. The van der Waals surface area contributed by atoms with Crippen molar-refractivity contribution in [2.45, 2.75) is 44.6 Å². The highest BCUT2D eigenvalue weighted by Gasteiger charge is 2.47. The van der Waals surface area contributed by atoms with Gasteiger partial charge in [-0.1, -0.05) is 19.3 Å². The van der Waals surface area contributed by atoms with Gasteiger partial charge in [0.15, 0.2) is 11.3 Å². The van der Waals surface area contributed by atoms with Gasteiger partial charge < -0.3 is 15.8 Å². The molecule has 1 aliphatic heterocycles. The van der Waals surface area contributed by atoms with Gasteiger partial charge in [-0.3, -0.25) is 9.89 Å². The Morgan fingerprint density at radius 2 is 2.07 bits per heavy atom. The highest BCUT2D eigenvalue weighted by Crippen LogP contribution is 2.42. The smallest absolute Gasteiger partial charge is 0.254 e. The van der Waals surface area contributed by atoms with Crippen molar-refractivity contribution in [1.82, 2.24) is 30.2 Å². The van der Waals surface area contributed by atoms with Crippen molar-refractivity contribution in [3.05, 3.63) is 53.0 Å². The van der Waals surface area contributed by atoms with E-state index in [1.807, 2.05) is 6.92 Å². The number of aromatic nitrogens is 5. The SMILES string of the molecule is Cc1cc(=Nc2cc(Nc3ccn[nH]3)ncn2)n(O)c2c1C(=O)NC21CCCCC1. The number of nitrogens with one attached hydrogen (secondary N) is 3. The molecule has 0 aromatic carbocycles. The molecule has 1 saturated carbocycles. The summed E-state index contributed by atoms with van der Waals surface area (Å²) in [6.07, 6.45) is 7.79. The van der Waals surface area contributed by atoms with Gasteiger partial charge in [-0.25, -0.2) is 15.0 Å². The van der Waals surface area contributed by atoms with E-state index in [4.69, 9.17) is 0 Å². The second kappa shape index (κ2) is 6.97. The molecular weight excluding hydrogens is 384 g/mol. The molecule has 4 N–H and O–H groups in total. The summed E-state index contributed by atoms with van der Waals surface area (Å²) in [5, 5.41) is 24.0. The van der Waals surface area contributed by atoms with Crippen molar-refractivity contribution in [3.63, 3.8) is 0 Å². The van der Waals surface area contributed by atoms with Crippen molar-refractivity contribution < 1.29 is 10.0 Å². The number of anilines is 2. The summed E-state index contributed by atoms with van der Waals surface area (Å²) >= 11 is 0. The van der Waals surface area contributed by atoms with Gasteiger partial charge in [0, 0.05) is 12.1 Å². The lowest BCUT2D eigenvalue weighted by Crippen LogP contribution is -2.43. The second-order valence-electron chi connectivity index (χ2n) is 7.79. The van der Waals surface area contributed by atoms with E-state index in [0.29, 0.717) is 34.2 Å². The largest absolute Gasteiger partial charge is 0.427 e. The highest BCUT2D eigenvalue weighted by molar-refractivity contribution is 6.00. The Morgan fingerprint density at radius 3 is 2.83 bits per heavy atom. The Kier molecular flexibility index (Phi) is 4.27. The van der Waals surface area contributed by atoms with E-state index in [-0.39, 0.29) is 5.91 Å². The number of carbonyl (C=O) groups excluding carboxylic acids is 1. The van der Waals surface area contributed by atoms with Crippen LogP contribution in [0, 0.1) is 6.92 Å². The molecule has 1 aliphatic carbocycles. The number of hydrogen-bond acceptors (Lipinski definition) is 7. The number of amides is 1. The first-order valence-corrected chi connectivity index (χ1v) is 9.98. The molecule has 1 amide bonds. The van der Waals surface area contributed by atoms with Crippen LogP contribution in [0.5, 0.6) is 0 Å². The van der Waals surface area contributed by atoms with Crippen LogP contribution in [0.25, 0.3) is 0 Å². The lowest BCUT2D eigenvalue weighted by Gasteiger charge is -2.34. The third kappa shape index (κ3) is 3.00. The molecule has 0 saturated heterocycles. The van der Waals surface area contributed by atoms with Gasteiger partial charge in [0.25, 0.3) is 5.91 Å². The molecule has 30 heavy (non-hydrogen) atoms. The molecule has 1 fully saturated rings. The summed E-state index contributed by atoms with van der Waals surface area (Å²) in [5.74, 6) is 1.47. The van der Waals surface area contributed by atoms with Gasteiger partial charge in [0.05, 0.1) is 23.0 Å². The maximum Gasteiger partial charge on any atom is 0.254 e. The summed E-state index contributed by atoms with van der Waals surface area (Å²) in [6.45, 7) is 1.87. The molecule has 1 spiro atoms. The number of aryl methyl sites for hydroxylation is 1. The van der Waals surface area contributed by atoms with Crippen molar-refractivity contribution in [1.29, 1.82) is 0 Å². The minimum absolute atomic E-state index is 0.133. The van der Waals surface area contributed by atoms with E-state index in [0.717, 1.165) is 42.4 Å². The molecule has 10 nitrogen and oxygen atoms in total. The molecular formula is C20H22N8O2. The number of carbonyl (C=O) groups is 1. The van der Waals surface area contributed by atoms with Gasteiger partial charge in [0.1, 0.15) is 18.0 Å². The average molecular weight is 406 g/mol. The van der Waals surface area contributed by atoms with E-state index in [1.165, 1.54) is 6.33 Å². The number of fused-ring (bicyclic) bond motifs is 2. The maximum absolute atomic E-state index is 12.7. The Hall–Kier alpha value is -3.69. The van der Waals surface area contributed by atoms with Crippen LogP contribution in [0.3, 0.4) is 0 Å². The molecule has 10 heteroatoms. The molecule has 4 heterocycles. The van der Waals surface area contributed by atoms with Crippen LogP contribution in [0.1, 0.15) is 53.7 Å². The van der Waals surface area contributed by atoms with Crippen molar-refractivity contribution in [2.24, 2.45) is 4.99 Å². The third-order valence-corrected chi connectivity index (χ3v) is 5.79. The number of aromatic amines is 1. The Labute approximate surface area is 172 Å². The third-order valence-electron chi connectivity index (χ3n) is 5.79. The van der Waals surface area contributed by atoms with Gasteiger partial charge in [-0.15, -0.1) is 0 Å². The lowest BCUT2D eigenvalue weighted by atomic mass is 9.79. The zero-order valence-electron chi connectivity index (χ0n) is 16.5. The number of rotatable bonds is 3. The quantitative estimate of drug-likeness (QED) is 0.494. The fourth-order valence-corrected chi connectivity index (χ4v) is 4.46. The first-order chi connectivity index (χ1) is 14.6. The summed E-state index contributed by atoms with van der Waals surface area (Å²) in [7, 11) is 0. The minimum Gasteiger partial charge on any atom is -0.427 e. The van der Waals surface area contributed by atoms with Crippen LogP contribution >= 0.6 is 0 Å². The number of pyridine rings is 1. The lowest BCUT2D eigenvalue weighted by molar-refractivity contribution is 0.0892. The van der Waals surface area contributed by atoms with Crippen LogP contribution in [-0.2, 0) is 5.54 Å².